The molecule has 0 spiro atoms. The number of benzene rings is 1. The highest BCUT2D eigenvalue weighted by Crippen LogP contribution is 2.27. The summed E-state index contributed by atoms with van der Waals surface area (Å²) >= 11 is 0. The second kappa shape index (κ2) is 6.29. The molecule has 0 bridgehead atoms. The van der Waals surface area contributed by atoms with E-state index in [1.54, 1.807) is 4.90 Å². The molecule has 1 fully saturated rings. The molecule has 1 unspecified atom stereocenters. The molecule has 0 aromatic heterocycles. The van der Waals surface area contributed by atoms with Crippen LogP contribution in [0.2, 0.25) is 0 Å². The van der Waals surface area contributed by atoms with Crippen LogP contribution in [0.1, 0.15) is 45.6 Å². The maximum atomic E-state index is 12.2. The normalized spacial score (nSPS) is 18.7. The van der Waals surface area contributed by atoms with E-state index in [2.05, 4.69) is 25.2 Å². The molecule has 4 heteroatoms. The summed E-state index contributed by atoms with van der Waals surface area (Å²) in [5.74, 6) is 0.172. The molecule has 1 aromatic carbocycles. The lowest BCUT2D eigenvalue weighted by Crippen LogP contribution is -2.36. The Morgan fingerprint density at radius 3 is 2.62 bits per heavy atom. The van der Waals surface area contributed by atoms with Gasteiger partial charge in [0.05, 0.1) is 5.92 Å². The Morgan fingerprint density at radius 1 is 1.29 bits per heavy atom. The first-order valence-corrected chi connectivity index (χ1v) is 7.59. The molecule has 4 nitrogen and oxygen atoms in total. The second-order valence-electron chi connectivity index (χ2n) is 6.32. The van der Waals surface area contributed by atoms with Crippen LogP contribution < -0.4 is 10.2 Å². The predicted octanol–water partition coefficient (Wildman–Crippen LogP) is 2.69. The van der Waals surface area contributed by atoms with E-state index in [1.165, 1.54) is 5.56 Å². The van der Waals surface area contributed by atoms with Gasteiger partial charge in [-0.15, -0.1) is 0 Å². The van der Waals surface area contributed by atoms with E-state index in [4.69, 9.17) is 0 Å². The highest BCUT2D eigenvalue weighted by Gasteiger charge is 2.35. The van der Waals surface area contributed by atoms with Crippen LogP contribution in [0.15, 0.2) is 24.3 Å². The van der Waals surface area contributed by atoms with Crippen molar-refractivity contribution in [2.24, 2.45) is 5.92 Å². The lowest BCUT2D eigenvalue weighted by Gasteiger charge is -2.19. The molecule has 1 aliphatic rings. The van der Waals surface area contributed by atoms with Gasteiger partial charge in [0.1, 0.15) is 0 Å². The molecule has 2 amide bonds. The number of anilines is 1. The minimum atomic E-state index is -0.248. The van der Waals surface area contributed by atoms with Gasteiger partial charge in [0.15, 0.2) is 0 Å². The fraction of sp³-hybridized carbons (Fsp3) is 0.529. The molecule has 1 N–H and O–H groups in total. The quantitative estimate of drug-likeness (QED) is 0.926. The zero-order valence-corrected chi connectivity index (χ0v) is 13.2. The summed E-state index contributed by atoms with van der Waals surface area (Å²) in [6, 6.07) is 8.13. The summed E-state index contributed by atoms with van der Waals surface area (Å²) in [6.45, 7) is 8.59. The Labute approximate surface area is 126 Å². The molecule has 1 aliphatic heterocycles. The lowest BCUT2D eigenvalue weighted by atomic mass is 10.0. The highest BCUT2D eigenvalue weighted by molar-refractivity contribution is 6.00. The van der Waals surface area contributed by atoms with Crippen molar-refractivity contribution in [3.8, 4) is 0 Å². The molecule has 1 saturated heterocycles. The number of carbonyl (C=O) groups is 2. The first kappa shape index (κ1) is 15.5. The van der Waals surface area contributed by atoms with Crippen LogP contribution in [0.3, 0.4) is 0 Å². The number of hydrogen-bond acceptors (Lipinski definition) is 2. The Morgan fingerprint density at radius 2 is 2.00 bits per heavy atom. The predicted molar refractivity (Wildman–Crippen MR) is 84.3 cm³/mol. The standard InChI is InChI=1S/C17H24N2O2/c1-11(2)13-6-5-7-15(8-13)19-10-14(9-16(19)20)17(21)18-12(3)4/h5-8,11-12,14H,9-10H2,1-4H3,(H,18,21). The van der Waals surface area contributed by atoms with Gasteiger partial charge in [-0.25, -0.2) is 0 Å². The number of nitrogens with one attached hydrogen (secondary N) is 1. The van der Waals surface area contributed by atoms with E-state index in [0.29, 0.717) is 18.9 Å². The van der Waals surface area contributed by atoms with Crippen LogP contribution >= 0.6 is 0 Å². The smallest absolute Gasteiger partial charge is 0.227 e. The summed E-state index contributed by atoms with van der Waals surface area (Å²) < 4.78 is 0. The number of rotatable bonds is 4. The van der Waals surface area contributed by atoms with Crippen LogP contribution in [0.5, 0.6) is 0 Å². The maximum Gasteiger partial charge on any atom is 0.227 e. The summed E-state index contributed by atoms with van der Waals surface area (Å²) in [5, 5.41) is 2.89. The molecular weight excluding hydrogens is 264 g/mol. The SMILES string of the molecule is CC(C)NC(=O)C1CC(=O)N(c2cccc(C(C)C)c2)C1. The fourth-order valence-corrected chi connectivity index (χ4v) is 2.59. The van der Waals surface area contributed by atoms with Crippen molar-refractivity contribution < 1.29 is 9.59 Å². The highest BCUT2D eigenvalue weighted by atomic mass is 16.2. The Balaban J connectivity index is 2.13. The van der Waals surface area contributed by atoms with Crippen LogP contribution in [0.4, 0.5) is 5.69 Å². The average molecular weight is 288 g/mol. The van der Waals surface area contributed by atoms with Gasteiger partial charge in [0.25, 0.3) is 0 Å². The number of nitrogens with zero attached hydrogens (tertiary/aromatic N) is 1. The van der Waals surface area contributed by atoms with E-state index in [1.807, 2.05) is 32.0 Å². The van der Waals surface area contributed by atoms with Crippen LogP contribution in [0.25, 0.3) is 0 Å². The third-order valence-corrected chi connectivity index (χ3v) is 3.78. The maximum absolute atomic E-state index is 12.2. The fourth-order valence-electron chi connectivity index (χ4n) is 2.59. The van der Waals surface area contributed by atoms with E-state index in [9.17, 15) is 9.59 Å². The van der Waals surface area contributed by atoms with E-state index < -0.39 is 0 Å². The van der Waals surface area contributed by atoms with Crippen molar-refractivity contribution in [1.82, 2.24) is 5.32 Å². The number of hydrogen-bond donors (Lipinski definition) is 1. The molecule has 2 rings (SSSR count). The van der Waals surface area contributed by atoms with Crippen LogP contribution in [-0.2, 0) is 9.59 Å². The zero-order chi connectivity index (χ0) is 15.6. The van der Waals surface area contributed by atoms with E-state index >= 15 is 0 Å². The van der Waals surface area contributed by atoms with Gasteiger partial charge < -0.3 is 10.2 Å². The number of carbonyl (C=O) groups excluding carboxylic acids is 2. The molecule has 1 heterocycles. The summed E-state index contributed by atoms with van der Waals surface area (Å²) in [7, 11) is 0. The second-order valence-corrected chi connectivity index (χ2v) is 6.32. The topological polar surface area (TPSA) is 49.4 Å². The van der Waals surface area contributed by atoms with Gasteiger partial charge in [-0.1, -0.05) is 26.0 Å². The molecule has 0 radical (unpaired) electrons. The molecular formula is C17H24N2O2. The molecule has 0 aliphatic carbocycles. The van der Waals surface area contributed by atoms with Gasteiger partial charge in [0.2, 0.25) is 11.8 Å². The molecule has 1 atom stereocenters. The minimum absolute atomic E-state index is 0.0270. The van der Waals surface area contributed by atoms with Gasteiger partial charge >= 0.3 is 0 Å². The van der Waals surface area contributed by atoms with Gasteiger partial charge in [-0.05, 0) is 37.5 Å². The number of amides is 2. The Hall–Kier alpha value is -1.84. The minimum Gasteiger partial charge on any atom is -0.354 e. The molecule has 1 aromatic rings. The summed E-state index contributed by atoms with van der Waals surface area (Å²) in [5.41, 5.74) is 2.10. The van der Waals surface area contributed by atoms with Crippen molar-refractivity contribution in [3.63, 3.8) is 0 Å². The Bertz CT molecular complexity index is 537. The van der Waals surface area contributed by atoms with Crippen molar-refractivity contribution in [1.29, 1.82) is 0 Å². The largest absolute Gasteiger partial charge is 0.354 e. The summed E-state index contributed by atoms with van der Waals surface area (Å²) in [6.07, 6.45) is 0.296. The van der Waals surface area contributed by atoms with Gasteiger partial charge in [-0.3, -0.25) is 9.59 Å². The van der Waals surface area contributed by atoms with Crippen molar-refractivity contribution in [3.05, 3.63) is 29.8 Å². The monoisotopic (exact) mass is 288 g/mol. The van der Waals surface area contributed by atoms with E-state index in [0.717, 1.165) is 5.69 Å². The third kappa shape index (κ3) is 3.63. The van der Waals surface area contributed by atoms with Crippen molar-refractivity contribution >= 4 is 17.5 Å². The van der Waals surface area contributed by atoms with Gasteiger partial charge in [-0.2, -0.15) is 0 Å². The molecule has 21 heavy (non-hydrogen) atoms. The average Bonchev–Trinajstić information content (AvgIpc) is 2.80. The van der Waals surface area contributed by atoms with Crippen molar-refractivity contribution in [2.75, 3.05) is 11.4 Å². The van der Waals surface area contributed by atoms with Crippen LogP contribution in [0, 0.1) is 5.92 Å². The van der Waals surface area contributed by atoms with Crippen LogP contribution in [-0.4, -0.2) is 24.4 Å². The first-order chi connectivity index (χ1) is 9.88. The molecule has 114 valence electrons. The van der Waals surface area contributed by atoms with E-state index in [-0.39, 0.29) is 23.8 Å². The lowest BCUT2D eigenvalue weighted by molar-refractivity contribution is -0.126. The summed E-state index contributed by atoms with van der Waals surface area (Å²) in [4.78, 5) is 26.0. The third-order valence-electron chi connectivity index (χ3n) is 3.78. The molecule has 0 saturated carbocycles. The van der Waals surface area contributed by atoms with Gasteiger partial charge in [0, 0.05) is 24.7 Å². The zero-order valence-electron chi connectivity index (χ0n) is 13.2. The van der Waals surface area contributed by atoms with Crippen molar-refractivity contribution in [2.45, 2.75) is 46.1 Å². The Kier molecular flexibility index (Phi) is 4.66. The first-order valence-electron chi connectivity index (χ1n) is 7.59.